The van der Waals surface area contributed by atoms with Crippen molar-refractivity contribution in [1.29, 1.82) is 0 Å². The van der Waals surface area contributed by atoms with Crippen molar-refractivity contribution in [3.63, 3.8) is 0 Å². The molecule has 1 N–H and O–H groups in total. The van der Waals surface area contributed by atoms with E-state index in [1.165, 1.54) is 22.6 Å². The van der Waals surface area contributed by atoms with Crippen LogP contribution in [-0.4, -0.2) is 36.3 Å². The number of sulfonamides is 1. The summed E-state index contributed by atoms with van der Waals surface area (Å²) in [5.41, 5.74) is 1.86. The second-order valence-electron chi connectivity index (χ2n) is 7.71. The predicted octanol–water partition coefficient (Wildman–Crippen LogP) is 2.52. The fourth-order valence-corrected chi connectivity index (χ4v) is 5.10. The molecule has 1 aromatic carbocycles. The minimum Gasteiger partial charge on any atom is -0.324 e. The van der Waals surface area contributed by atoms with Crippen LogP contribution in [0.4, 0.5) is 5.69 Å². The van der Waals surface area contributed by atoms with Gasteiger partial charge in [0, 0.05) is 25.0 Å². The Kier molecular flexibility index (Phi) is 6.24. The highest BCUT2D eigenvalue weighted by molar-refractivity contribution is 7.89. The summed E-state index contributed by atoms with van der Waals surface area (Å²) >= 11 is 0. The summed E-state index contributed by atoms with van der Waals surface area (Å²) in [5, 5.41) is 2.82. The first kappa shape index (κ1) is 21.3. The molecule has 0 saturated carbocycles. The number of nitrogens with one attached hydrogen (secondary N) is 1. The van der Waals surface area contributed by atoms with E-state index in [1.54, 1.807) is 0 Å². The largest absolute Gasteiger partial charge is 0.324 e. The lowest BCUT2D eigenvalue weighted by Gasteiger charge is -2.29. The van der Waals surface area contributed by atoms with Crippen molar-refractivity contribution in [3.8, 4) is 0 Å². The van der Waals surface area contributed by atoms with Crippen molar-refractivity contribution >= 4 is 21.6 Å². The number of carbonyl (C=O) groups excluding carboxylic acids is 1. The van der Waals surface area contributed by atoms with Gasteiger partial charge < -0.3 is 9.88 Å². The molecule has 7 nitrogen and oxygen atoms in total. The zero-order chi connectivity index (χ0) is 21.2. The highest BCUT2D eigenvalue weighted by Gasteiger charge is 2.30. The third-order valence-corrected chi connectivity index (χ3v) is 7.32. The van der Waals surface area contributed by atoms with Gasteiger partial charge in [-0.1, -0.05) is 25.1 Å². The molecule has 1 fully saturated rings. The quantitative estimate of drug-likeness (QED) is 0.810. The molecule has 8 heteroatoms. The Morgan fingerprint density at radius 3 is 2.34 bits per heavy atom. The SMILES string of the molecule is Cc1cccc(C)c1NC(=O)Cn1cccc(S(=O)(=O)N2CCC(C)CC2)c1=O. The molecular weight excluding hydrogens is 390 g/mol. The molecule has 0 aliphatic carbocycles. The molecule has 3 rings (SSSR count). The van der Waals surface area contributed by atoms with Crippen LogP contribution < -0.4 is 10.9 Å². The van der Waals surface area contributed by atoms with Gasteiger partial charge in [0.15, 0.2) is 0 Å². The molecule has 0 bridgehead atoms. The van der Waals surface area contributed by atoms with Crippen molar-refractivity contribution in [2.75, 3.05) is 18.4 Å². The third-order valence-electron chi connectivity index (χ3n) is 5.41. The van der Waals surface area contributed by atoms with E-state index in [2.05, 4.69) is 12.2 Å². The van der Waals surface area contributed by atoms with Crippen LogP contribution in [0.5, 0.6) is 0 Å². The van der Waals surface area contributed by atoms with Gasteiger partial charge in [-0.25, -0.2) is 8.42 Å². The Hall–Kier alpha value is -2.45. The number of benzene rings is 1. The Labute approximate surface area is 171 Å². The van der Waals surface area contributed by atoms with Gasteiger partial charge in [0.05, 0.1) is 0 Å². The van der Waals surface area contributed by atoms with Crippen LogP contribution in [0.3, 0.4) is 0 Å². The molecule has 0 unspecified atom stereocenters. The van der Waals surface area contributed by atoms with E-state index in [0.29, 0.717) is 24.7 Å². The number of piperidine rings is 1. The first-order valence-corrected chi connectivity index (χ1v) is 11.2. The van der Waals surface area contributed by atoms with E-state index in [0.717, 1.165) is 28.5 Å². The fraction of sp³-hybridized carbons (Fsp3) is 0.429. The Morgan fingerprint density at radius 2 is 1.72 bits per heavy atom. The first-order valence-electron chi connectivity index (χ1n) is 9.76. The number of hydrogen-bond acceptors (Lipinski definition) is 4. The van der Waals surface area contributed by atoms with Crippen LogP contribution in [-0.2, 0) is 21.4 Å². The van der Waals surface area contributed by atoms with Gasteiger partial charge in [-0.15, -0.1) is 0 Å². The summed E-state index contributed by atoms with van der Waals surface area (Å²) < 4.78 is 28.4. The third kappa shape index (κ3) is 4.59. The van der Waals surface area contributed by atoms with Crippen molar-refractivity contribution in [1.82, 2.24) is 8.87 Å². The summed E-state index contributed by atoms with van der Waals surface area (Å²) in [5.74, 6) is 0.0910. The number of carbonyl (C=O) groups is 1. The summed E-state index contributed by atoms with van der Waals surface area (Å²) in [6, 6.07) is 8.49. The maximum atomic E-state index is 12.9. The maximum absolute atomic E-state index is 12.9. The van der Waals surface area contributed by atoms with Gasteiger partial charge in [-0.2, -0.15) is 4.31 Å². The van der Waals surface area contributed by atoms with Crippen LogP contribution in [0.15, 0.2) is 46.2 Å². The van der Waals surface area contributed by atoms with Gasteiger partial charge in [0.2, 0.25) is 15.9 Å². The standard InChI is InChI=1S/C21H27N3O4S/c1-15-9-12-24(13-10-15)29(27,28)18-8-5-11-23(21(18)26)14-19(25)22-20-16(2)6-4-7-17(20)3/h4-8,11,15H,9-10,12-14H2,1-3H3,(H,22,25). The van der Waals surface area contributed by atoms with Gasteiger partial charge in [-0.05, 0) is 55.9 Å². The summed E-state index contributed by atoms with van der Waals surface area (Å²) in [6.07, 6.45) is 2.99. The van der Waals surface area contributed by atoms with Crippen molar-refractivity contribution in [2.24, 2.45) is 5.92 Å². The second-order valence-corrected chi connectivity index (χ2v) is 9.61. The Bertz CT molecular complexity index is 1050. The van der Waals surface area contributed by atoms with Crippen LogP contribution in [0.25, 0.3) is 0 Å². The highest BCUT2D eigenvalue weighted by atomic mass is 32.2. The van der Waals surface area contributed by atoms with Gasteiger partial charge in [-0.3, -0.25) is 9.59 Å². The van der Waals surface area contributed by atoms with Crippen LogP contribution in [0.2, 0.25) is 0 Å². The Morgan fingerprint density at radius 1 is 1.10 bits per heavy atom. The topological polar surface area (TPSA) is 88.5 Å². The van der Waals surface area contributed by atoms with Crippen LogP contribution in [0, 0.1) is 19.8 Å². The average molecular weight is 418 g/mol. The number of anilines is 1. The number of aryl methyl sites for hydroxylation is 2. The van der Waals surface area contributed by atoms with E-state index in [9.17, 15) is 18.0 Å². The minimum absolute atomic E-state index is 0.257. The zero-order valence-electron chi connectivity index (χ0n) is 17.0. The minimum atomic E-state index is -3.88. The van der Waals surface area contributed by atoms with E-state index >= 15 is 0 Å². The molecule has 1 amide bonds. The Balaban J connectivity index is 1.82. The summed E-state index contributed by atoms with van der Waals surface area (Å²) in [7, 11) is -3.88. The lowest BCUT2D eigenvalue weighted by Crippen LogP contribution is -2.41. The molecular formula is C21H27N3O4S. The van der Waals surface area contributed by atoms with Gasteiger partial charge in [0.25, 0.3) is 5.56 Å². The summed E-state index contributed by atoms with van der Waals surface area (Å²) in [4.78, 5) is 25.0. The smallest absolute Gasteiger partial charge is 0.271 e. The average Bonchev–Trinajstić information content (AvgIpc) is 2.67. The van der Waals surface area contributed by atoms with Crippen LogP contribution in [0.1, 0.15) is 30.9 Å². The monoisotopic (exact) mass is 417 g/mol. The molecule has 29 heavy (non-hydrogen) atoms. The number of aromatic nitrogens is 1. The second kappa shape index (κ2) is 8.51. The maximum Gasteiger partial charge on any atom is 0.271 e. The number of nitrogens with zero attached hydrogens (tertiary/aromatic N) is 2. The molecule has 0 radical (unpaired) electrons. The molecule has 1 saturated heterocycles. The predicted molar refractivity (Wildman–Crippen MR) is 112 cm³/mol. The van der Waals surface area contributed by atoms with Crippen molar-refractivity contribution < 1.29 is 13.2 Å². The lowest BCUT2D eigenvalue weighted by molar-refractivity contribution is -0.116. The number of hydrogen-bond donors (Lipinski definition) is 1. The molecule has 1 aromatic heterocycles. The van der Waals surface area contributed by atoms with Gasteiger partial charge >= 0.3 is 0 Å². The molecule has 0 spiro atoms. The zero-order valence-corrected chi connectivity index (χ0v) is 17.8. The molecule has 2 heterocycles. The number of para-hydroxylation sites is 1. The molecule has 1 aliphatic heterocycles. The highest BCUT2D eigenvalue weighted by Crippen LogP contribution is 2.22. The first-order chi connectivity index (χ1) is 13.7. The fourth-order valence-electron chi connectivity index (χ4n) is 3.55. The number of pyridine rings is 1. The van der Waals surface area contributed by atoms with Gasteiger partial charge in [0.1, 0.15) is 11.4 Å². The molecule has 2 aromatic rings. The van der Waals surface area contributed by atoms with E-state index < -0.39 is 15.6 Å². The van der Waals surface area contributed by atoms with Crippen molar-refractivity contribution in [3.05, 3.63) is 58.0 Å². The number of amides is 1. The molecule has 0 atom stereocenters. The normalized spacial score (nSPS) is 16.0. The van der Waals surface area contributed by atoms with Crippen LogP contribution >= 0.6 is 0 Å². The molecule has 1 aliphatic rings. The lowest BCUT2D eigenvalue weighted by atomic mass is 10.0. The van der Waals surface area contributed by atoms with E-state index in [1.807, 2.05) is 32.0 Å². The van der Waals surface area contributed by atoms with E-state index in [-0.39, 0.29) is 17.3 Å². The number of rotatable bonds is 5. The van der Waals surface area contributed by atoms with E-state index in [4.69, 9.17) is 0 Å². The van der Waals surface area contributed by atoms with Crippen molar-refractivity contribution in [2.45, 2.75) is 45.1 Å². The molecule has 156 valence electrons. The summed E-state index contributed by atoms with van der Waals surface area (Å²) in [6.45, 7) is 6.43.